The smallest absolute Gasteiger partial charge is 0.322 e. The molecule has 1 heterocycles. The van der Waals surface area contributed by atoms with Crippen LogP contribution in [0.25, 0.3) is 0 Å². The van der Waals surface area contributed by atoms with E-state index < -0.39 is 0 Å². The first-order valence-corrected chi connectivity index (χ1v) is 13.2. The number of hydrogen-bond acceptors (Lipinski definition) is 3. The van der Waals surface area contributed by atoms with Gasteiger partial charge in [0.1, 0.15) is 6.54 Å². The lowest BCUT2D eigenvalue weighted by atomic mass is 10.1. The number of amides is 3. The molecule has 0 saturated carbocycles. The number of carbonyl (C=O) groups excluding carboxylic acids is 2. The predicted octanol–water partition coefficient (Wildman–Crippen LogP) is 6.73. The van der Waals surface area contributed by atoms with Gasteiger partial charge in [-0.05, 0) is 54.7 Å². The van der Waals surface area contributed by atoms with Gasteiger partial charge >= 0.3 is 6.03 Å². The molecule has 0 aliphatic rings. The van der Waals surface area contributed by atoms with E-state index in [-0.39, 0.29) is 24.4 Å². The van der Waals surface area contributed by atoms with Gasteiger partial charge < -0.3 is 15.1 Å². The van der Waals surface area contributed by atoms with Gasteiger partial charge in [-0.2, -0.15) is 0 Å². The number of rotatable bonds is 11. The molecule has 1 atom stereocenters. The lowest BCUT2D eigenvalue weighted by Crippen LogP contribution is -2.45. The van der Waals surface area contributed by atoms with E-state index in [1.165, 1.54) is 4.88 Å². The number of nitrogens with zero attached hydrogens (tertiary/aromatic N) is 2. The number of urea groups is 1. The maximum absolute atomic E-state index is 13.6. The van der Waals surface area contributed by atoms with Crippen LogP contribution in [0.3, 0.4) is 0 Å². The lowest BCUT2D eigenvalue weighted by Gasteiger charge is -2.29. The Balaban J connectivity index is 1.78. The van der Waals surface area contributed by atoms with Crippen molar-refractivity contribution in [3.63, 3.8) is 0 Å². The Morgan fingerprint density at radius 1 is 0.914 bits per heavy atom. The Morgan fingerprint density at radius 3 is 2.31 bits per heavy atom. The van der Waals surface area contributed by atoms with Crippen LogP contribution in [0.15, 0.2) is 66.7 Å². The number of nitrogens with one attached hydrogen (secondary N) is 1. The first-order chi connectivity index (χ1) is 16.9. The van der Waals surface area contributed by atoms with Crippen molar-refractivity contribution < 1.29 is 9.59 Å². The lowest BCUT2D eigenvalue weighted by molar-refractivity contribution is -0.133. The number of carbonyl (C=O) groups is 2. The van der Waals surface area contributed by atoms with E-state index >= 15 is 0 Å². The monoisotopic (exact) mass is 491 g/mol. The molecule has 1 aromatic heterocycles. The Hall–Kier alpha value is -3.12. The van der Waals surface area contributed by atoms with E-state index in [2.05, 4.69) is 45.1 Å². The molecule has 0 aliphatic carbocycles. The van der Waals surface area contributed by atoms with Crippen LogP contribution in [-0.2, 0) is 24.3 Å². The summed E-state index contributed by atoms with van der Waals surface area (Å²) in [6.07, 6.45) is 1.83. The van der Waals surface area contributed by atoms with E-state index in [4.69, 9.17) is 0 Å². The molecule has 0 saturated heterocycles. The highest BCUT2D eigenvalue weighted by atomic mass is 32.1. The Kier molecular flexibility index (Phi) is 9.91. The molecule has 0 fully saturated rings. The number of aryl methyl sites for hydroxylation is 2. The average Bonchev–Trinajstić information content (AvgIpc) is 3.28. The highest BCUT2D eigenvalue weighted by Gasteiger charge is 2.23. The Bertz CT molecular complexity index is 1100. The third-order valence-corrected chi connectivity index (χ3v) is 7.13. The zero-order valence-corrected chi connectivity index (χ0v) is 22.1. The van der Waals surface area contributed by atoms with Crippen molar-refractivity contribution in [2.45, 2.75) is 53.6 Å². The van der Waals surface area contributed by atoms with Crippen LogP contribution in [0.2, 0.25) is 0 Å². The number of anilines is 1. The van der Waals surface area contributed by atoms with Gasteiger partial charge in [0.25, 0.3) is 0 Å². The zero-order chi connectivity index (χ0) is 25.2. The molecule has 3 amide bonds. The van der Waals surface area contributed by atoms with Crippen LogP contribution >= 0.6 is 11.3 Å². The Labute approximate surface area is 213 Å². The third kappa shape index (κ3) is 8.25. The largest absolute Gasteiger partial charge is 0.332 e. The van der Waals surface area contributed by atoms with E-state index in [1.807, 2.05) is 59.5 Å². The van der Waals surface area contributed by atoms with Gasteiger partial charge in [0.2, 0.25) is 5.91 Å². The van der Waals surface area contributed by atoms with Crippen LogP contribution in [-0.4, -0.2) is 34.8 Å². The van der Waals surface area contributed by atoms with Gasteiger partial charge in [0, 0.05) is 28.5 Å². The van der Waals surface area contributed by atoms with Crippen molar-refractivity contribution in [1.82, 2.24) is 9.80 Å². The second kappa shape index (κ2) is 13.1. The van der Waals surface area contributed by atoms with Gasteiger partial charge in [-0.1, -0.05) is 69.7 Å². The van der Waals surface area contributed by atoms with E-state index in [0.29, 0.717) is 19.6 Å². The normalized spacial score (nSPS) is 11.7. The molecule has 35 heavy (non-hydrogen) atoms. The van der Waals surface area contributed by atoms with E-state index in [9.17, 15) is 9.59 Å². The van der Waals surface area contributed by atoms with Crippen molar-refractivity contribution in [2.75, 3.05) is 18.4 Å². The molecule has 6 heteroatoms. The summed E-state index contributed by atoms with van der Waals surface area (Å²) in [6, 6.07) is 21.8. The van der Waals surface area contributed by atoms with Crippen LogP contribution in [0.1, 0.15) is 48.1 Å². The van der Waals surface area contributed by atoms with Crippen LogP contribution < -0.4 is 5.32 Å². The fourth-order valence-corrected chi connectivity index (χ4v) is 4.76. The highest BCUT2D eigenvalue weighted by Crippen LogP contribution is 2.20. The maximum atomic E-state index is 13.6. The summed E-state index contributed by atoms with van der Waals surface area (Å²) in [5.74, 6) is 0.235. The molecular formula is C29H37N3O2S. The fourth-order valence-electron chi connectivity index (χ4n) is 3.85. The van der Waals surface area contributed by atoms with Crippen molar-refractivity contribution >= 4 is 29.0 Å². The zero-order valence-electron chi connectivity index (χ0n) is 21.3. The predicted molar refractivity (Wildman–Crippen MR) is 146 cm³/mol. The van der Waals surface area contributed by atoms with Gasteiger partial charge in [0.05, 0.1) is 6.54 Å². The molecule has 0 spiro atoms. The van der Waals surface area contributed by atoms with E-state index in [0.717, 1.165) is 34.5 Å². The first-order valence-electron chi connectivity index (χ1n) is 12.4. The average molecular weight is 492 g/mol. The van der Waals surface area contributed by atoms with Crippen molar-refractivity contribution in [3.8, 4) is 0 Å². The quantitative estimate of drug-likeness (QED) is 0.323. The summed E-state index contributed by atoms with van der Waals surface area (Å²) in [4.78, 5) is 32.8. The minimum atomic E-state index is -0.237. The topological polar surface area (TPSA) is 52.7 Å². The van der Waals surface area contributed by atoms with E-state index in [1.54, 1.807) is 16.2 Å². The minimum absolute atomic E-state index is 0.0425. The third-order valence-electron chi connectivity index (χ3n) is 6.14. The molecule has 0 bridgehead atoms. The standard InChI is InChI=1S/C29H37N3O2S/c1-5-22(3)18-32(29(34)30-26-14-10-13-24(6-2)17-26)21-28(33)31(19-25-11-8-7-9-12-25)20-27-16-15-23(4)35-27/h7-17,22H,5-6,18-21H2,1-4H3,(H,30,34)/t22-/m1/s1. The van der Waals surface area contributed by atoms with Gasteiger partial charge in [-0.3, -0.25) is 4.79 Å². The number of benzene rings is 2. The maximum Gasteiger partial charge on any atom is 0.322 e. The molecule has 186 valence electrons. The molecule has 0 aliphatic heterocycles. The molecule has 1 N–H and O–H groups in total. The summed E-state index contributed by atoms with van der Waals surface area (Å²) in [6.45, 7) is 9.98. The summed E-state index contributed by atoms with van der Waals surface area (Å²) in [7, 11) is 0. The van der Waals surface area contributed by atoms with Gasteiger partial charge in [0.15, 0.2) is 0 Å². The minimum Gasteiger partial charge on any atom is -0.332 e. The second-order valence-electron chi connectivity index (χ2n) is 9.13. The van der Waals surface area contributed by atoms with Crippen LogP contribution in [0.4, 0.5) is 10.5 Å². The summed E-state index contributed by atoms with van der Waals surface area (Å²) in [5, 5.41) is 3.01. The highest BCUT2D eigenvalue weighted by molar-refractivity contribution is 7.11. The number of hydrogen-bond donors (Lipinski definition) is 1. The van der Waals surface area contributed by atoms with Crippen molar-refractivity contribution in [1.29, 1.82) is 0 Å². The van der Waals surface area contributed by atoms with Gasteiger partial charge in [-0.15, -0.1) is 11.3 Å². The fraction of sp³-hybridized carbons (Fsp3) is 0.379. The Morgan fingerprint density at radius 2 is 1.66 bits per heavy atom. The second-order valence-corrected chi connectivity index (χ2v) is 10.5. The van der Waals surface area contributed by atoms with Crippen molar-refractivity contribution in [3.05, 3.63) is 87.6 Å². The molecule has 5 nitrogen and oxygen atoms in total. The van der Waals surface area contributed by atoms with Crippen molar-refractivity contribution in [2.24, 2.45) is 5.92 Å². The molecule has 0 unspecified atom stereocenters. The van der Waals surface area contributed by atoms with Crippen LogP contribution in [0, 0.1) is 12.8 Å². The first kappa shape index (κ1) is 26.5. The summed E-state index contributed by atoms with van der Waals surface area (Å²) < 4.78 is 0. The van der Waals surface area contributed by atoms with Gasteiger partial charge in [-0.25, -0.2) is 4.79 Å². The summed E-state index contributed by atoms with van der Waals surface area (Å²) in [5.41, 5.74) is 2.99. The molecule has 3 rings (SSSR count). The molecule has 2 aromatic carbocycles. The molecule has 0 radical (unpaired) electrons. The summed E-state index contributed by atoms with van der Waals surface area (Å²) >= 11 is 1.70. The molecule has 3 aromatic rings. The van der Waals surface area contributed by atoms with Crippen LogP contribution in [0.5, 0.6) is 0 Å². The molecular weight excluding hydrogens is 454 g/mol. The SMILES string of the molecule is CCc1cccc(NC(=O)N(CC(=O)N(Cc2ccccc2)Cc2ccc(C)s2)C[C@H](C)CC)c1. The number of thiophene rings is 1.